The molecule has 0 aliphatic rings. The fourth-order valence-corrected chi connectivity index (χ4v) is 2.68. The Morgan fingerprint density at radius 1 is 1.23 bits per heavy atom. The number of carboxylic acids is 1. The summed E-state index contributed by atoms with van der Waals surface area (Å²) in [5, 5.41) is 9.47. The first-order valence-electron chi connectivity index (χ1n) is 8.74. The number of aromatic carboxylic acids is 1. The Balaban J connectivity index is 0.00000110. The quantitative estimate of drug-likeness (QED) is 0.461. The van der Waals surface area contributed by atoms with Gasteiger partial charge >= 0.3 is 5.97 Å². The normalized spacial score (nSPS) is 11.0. The molecule has 0 bridgehead atoms. The second-order valence-electron chi connectivity index (χ2n) is 6.53. The molecule has 0 saturated carbocycles. The minimum atomic E-state index is -3.67. The maximum atomic E-state index is 11.5. The van der Waals surface area contributed by atoms with Crippen molar-refractivity contribution in [1.29, 1.82) is 0 Å². The summed E-state index contributed by atoms with van der Waals surface area (Å²) in [6.45, 7) is 10.0. The summed E-state index contributed by atoms with van der Waals surface area (Å²) in [7, 11) is -3.67. The number of carbonyl (C=O) groups is 1. The van der Waals surface area contributed by atoms with Gasteiger partial charge in [0.1, 0.15) is 0 Å². The molecule has 0 fully saturated rings. The fraction of sp³-hybridized carbons (Fsp3) is 0.611. The molecule has 0 saturated heterocycles. The van der Waals surface area contributed by atoms with Gasteiger partial charge in [0.05, 0.1) is 17.5 Å². The van der Waals surface area contributed by atoms with Crippen LogP contribution < -0.4 is 10.6 Å². The van der Waals surface area contributed by atoms with E-state index in [2.05, 4.69) is 18.7 Å². The van der Waals surface area contributed by atoms with Crippen molar-refractivity contribution < 1.29 is 22.9 Å². The molecule has 150 valence electrons. The third-order valence-electron chi connectivity index (χ3n) is 3.84. The molecule has 1 rings (SSSR count). The van der Waals surface area contributed by atoms with Crippen molar-refractivity contribution >= 4 is 27.5 Å². The average Bonchev–Trinajstić information content (AvgIpc) is 2.48. The maximum Gasteiger partial charge on any atom is 0.337 e. The molecule has 0 aliphatic carbocycles. The van der Waals surface area contributed by atoms with E-state index in [-0.39, 0.29) is 0 Å². The topological polar surface area (TPSA) is 121 Å². The summed E-state index contributed by atoms with van der Waals surface area (Å²) >= 11 is 0. The third kappa shape index (κ3) is 9.05. The lowest BCUT2D eigenvalue weighted by Gasteiger charge is -2.27. The number of nitrogens with two attached hydrogens (primary N) is 1. The molecule has 0 spiro atoms. The van der Waals surface area contributed by atoms with Crippen molar-refractivity contribution in [2.45, 2.75) is 47.0 Å². The minimum Gasteiger partial charge on any atom is -0.478 e. The fourth-order valence-electron chi connectivity index (χ4n) is 2.68. The van der Waals surface area contributed by atoms with Gasteiger partial charge in [-0.15, -0.1) is 0 Å². The number of hydrogen-bond acceptors (Lipinski definition) is 5. The smallest absolute Gasteiger partial charge is 0.337 e. The number of carboxylic acid groups (broad SMARTS) is 1. The summed E-state index contributed by atoms with van der Waals surface area (Å²) in [5.41, 5.74) is 8.98. The lowest BCUT2D eigenvalue weighted by molar-refractivity contribution is 0.0697. The van der Waals surface area contributed by atoms with E-state index in [9.17, 15) is 18.3 Å². The number of nitrogens with zero attached hydrogens (tertiary/aromatic N) is 1. The molecule has 4 N–H and O–H groups in total. The van der Waals surface area contributed by atoms with Crippen LogP contribution in [0.4, 0.5) is 11.4 Å². The summed E-state index contributed by atoms with van der Waals surface area (Å²) in [6, 6.07) is 3.35. The van der Waals surface area contributed by atoms with Crippen molar-refractivity contribution in [3.63, 3.8) is 0 Å². The highest BCUT2D eigenvalue weighted by Crippen LogP contribution is 2.32. The zero-order valence-electron chi connectivity index (χ0n) is 16.3. The molecule has 0 unspecified atom stereocenters. The van der Waals surface area contributed by atoms with Crippen LogP contribution in [-0.2, 0) is 16.5 Å². The summed E-state index contributed by atoms with van der Waals surface area (Å²) < 4.78 is 25.9. The molecular formula is C18H32N2O5S. The summed E-state index contributed by atoms with van der Waals surface area (Å²) in [5.74, 6) is -0.243. The molecule has 8 heteroatoms. The number of hydrogen-bond donors (Lipinski definition) is 3. The number of anilines is 2. The predicted molar refractivity (Wildman–Crippen MR) is 107 cm³/mol. The lowest BCUT2D eigenvalue weighted by Crippen LogP contribution is -2.26. The molecule has 0 atom stereocenters. The largest absolute Gasteiger partial charge is 0.478 e. The second kappa shape index (κ2) is 11.0. The van der Waals surface area contributed by atoms with E-state index >= 15 is 0 Å². The van der Waals surface area contributed by atoms with Gasteiger partial charge in [0, 0.05) is 18.8 Å². The first-order valence-corrected chi connectivity index (χ1v) is 10.6. The molecule has 0 aliphatic heterocycles. The van der Waals surface area contributed by atoms with Crippen LogP contribution in [0, 0.1) is 5.92 Å². The van der Waals surface area contributed by atoms with E-state index in [0.29, 0.717) is 23.4 Å². The molecule has 7 nitrogen and oxygen atoms in total. The van der Waals surface area contributed by atoms with Crippen LogP contribution in [0.1, 0.15) is 56.5 Å². The van der Waals surface area contributed by atoms with Crippen molar-refractivity contribution in [3.8, 4) is 0 Å². The first kappa shape index (κ1) is 24.2. The van der Waals surface area contributed by atoms with E-state index in [1.54, 1.807) is 12.1 Å². The Morgan fingerprint density at radius 3 is 2.12 bits per heavy atom. The molecule has 0 radical (unpaired) electrons. The second-order valence-corrected chi connectivity index (χ2v) is 7.99. The van der Waals surface area contributed by atoms with Gasteiger partial charge in [-0.25, -0.2) is 4.79 Å². The van der Waals surface area contributed by atoms with Gasteiger partial charge in [-0.1, -0.05) is 20.3 Å². The number of rotatable bonds is 8. The molecule has 26 heavy (non-hydrogen) atoms. The van der Waals surface area contributed by atoms with Crippen LogP contribution in [0.5, 0.6) is 0 Å². The van der Waals surface area contributed by atoms with Crippen LogP contribution in [-0.4, -0.2) is 43.4 Å². The standard InChI is InChI=1S/C17H28N2O2.CH4O3S/c1-5-19(6-2)16-13(9-7-8-12(3)4)15(18)11-10-14(16)17(20)21;1-5(2,3)4/h10-12H,5-9,18H2,1-4H3,(H,20,21);1H3,(H,2,3,4). The molecule has 0 heterocycles. The Kier molecular flexibility index (Phi) is 10.3. The van der Waals surface area contributed by atoms with Crippen molar-refractivity contribution in [2.75, 3.05) is 30.0 Å². The van der Waals surface area contributed by atoms with Gasteiger partial charge in [-0.05, 0) is 50.3 Å². The highest BCUT2D eigenvalue weighted by Gasteiger charge is 2.20. The van der Waals surface area contributed by atoms with Crippen LogP contribution >= 0.6 is 0 Å². The van der Waals surface area contributed by atoms with E-state index in [0.717, 1.165) is 43.6 Å². The van der Waals surface area contributed by atoms with Gasteiger partial charge in [0.2, 0.25) is 0 Å². The zero-order chi connectivity index (χ0) is 20.5. The number of nitrogen functional groups attached to an aromatic ring is 1. The number of benzene rings is 1. The van der Waals surface area contributed by atoms with E-state index in [1.807, 2.05) is 13.8 Å². The van der Waals surface area contributed by atoms with E-state index in [4.69, 9.17) is 10.3 Å². The van der Waals surface area contributed by atoms with E-state index in [1.165, 1.54) is 0 Å². The first-order chi connectivity index (χ1) is 11.9. The van der Waals surface area contributed by atoms with Gasteiger partial charge in [-0.3, -0.25) is 4.55 Å². The minimum absolute atomic E-state index is 0.354. The van der Waals surface area contributed by atoms with Gasteiger partial charge in [-0.2, -0.15) is 8.42 Å². The molecular weight excluding hydrogens is 356 g/mol. The average molecular weight is 389 g/mol. The van der Waals surface area contributed by atoms with Gasteiger partial charge in [0.25, 0.3) is 10.1 Å². The van der Waals surface area contributed by atoms with Crippen LogP contribution in [0.3, 0.4) is 0 Å². The Labute approximate surface area is 157 Å². The monoisotopic (exact) mass is 388 g/mol. The highest BCUT2D eigenvalue weighted by molar-refractivity contribution is 7.85. The maximum absolute atomic E-state index is 11.5. The van der Waals surface area contributed by atoms with Gasteiger partial charge in [0.15, 0.2) is 0 Å². The molecule has 1 aromatic carbocycles. The van der Waals surface area contributed by atoms with Crippen molar-refractivity contribution in [2.24, 2.45) is 5.92 Å². The Hall–Kier alpha value is -1.80. The highest BCUT2D eigenvalue weighted by atomic mass is 32.2. The Morgan fingerprint density at radius 2 is 1.73 bits per heavy atom. The van der Waals surface area contributed by atoms with Crippen LogP contribution in [0.2, 0.25) is 0 Å². The molecule has 0 aromatic heterocycles. The SMILES string of the molecule is CCN(CC)c1c(C(=O)O)ccc(N)c1CCCC(C)C.CS(=O)(=O)O. The molecule has 0 amide bonds. The summed E-state index contributed by atoms with van der Waals surface area (Å²) in [6.07, 6.45) is 3.69. The van der Waals surface area contributed by atoms with Crippen LogP contribution in [0.15, 0.2) is 12.1 Å². The lowest BCUT2D eigenvalue weighted by atomic mass is 9.96. The molecule has 1 aromatic rings. The van der Waals surface area contributed by atoms with Crippen molar-refractivity contribution in [3.05, 3.63) is 23.3 Å². The Bertz CT molecular complexity index is 675. The summed E-state index contributed by atoms with van der Waals surface area (Å²) in [4.78, 5) is 13.6. The van der Waals surface area contributed by atoms with Gasteiger partial charge < -0.3 is 15.7 Å². The zero-order valence-corrected chi connectivity index (χ0v) is 17.1. The third-order valence-corrected chi connectivity index (χ3v) is 3.84. The van der Waals surface area contributed by atoms with Crippen molar-refractivity contribution in [1.82, 2.24) is 0 Å². The van der Waals surface area contributed by atoms with Crippen LogP contribution in [0.25, 0.3) is 0 Å². The van der Waals surface area contributed by atoms with E-state index < -0.39 is 16.1 Å². The predicted octanol–water partition coefficient (Wildman–Crippen LogP) is 3.30.